The van der Waals surface area contributed by atoms with Crippen molar-refractivity contribution in [3.05, 3.63) is 65.5 Å². The number of rotatable bonds is 4. The minimum Gasteiger partial charge on any atom is -0.351 e. The quantitative estimate of drug-likeness (QED) is 0.836. The van der Waals surface area contributed by atoms with Gasteiger partial charge in [-0.1, -0.05) is 24.3 Å². The first kappa shape index (κ1) is 19.9. The van der Waals surface area contributed by atoms with Crippen LogP contribution in [0.3, 0.4) is 0 Å². The summed E-state index contributed by atoms with van der Waals surface area (Å²) in [5.74, 6) is -0.399. The van der Waals surface area contributed by atoms with Crippen molar-refractivity contribution in [1.82, 2.24) is 10.2 Å². The third kappa shape index (κ3) is 4.68. The second-order valence-corrected chi connectivity index (χ2v) is 7.63. The van der Waals surface area contributed by atoms with Gasteiger partial charge in [0.25, 0.3) is 0 Å². The summed E-state index contributed by atoms with van der Waals surface area (Å²) in [5.41, 5.74) is 2.11. The maximum atomic E-state index is 13.0. The summed E-state index contributed by atoms with van der Waals surface area (Å²) >= 11 is 0. The van der Waals surface area contributed by atoms with Gasteiger partial charge in [-0.2, -0.15) is 0 Å². The van der Waals surface area contributed by atoms with E-state index in [1.165, 1.54) is 24.3 Å². The van der Waals surface area contributed by atoms with E-state index in [0.717, 1.165) is 24.0 Å². The van der Waals surface area contributed by atoms with Crippen LogP contribution in [0, 0.1) is 18.2 Å². The van der Waals surface area contributed by atoms with Crippen molar-refractivity contribution < 1.29 is 14.0 Å². The summed E-state index contributed by atoms with van der Waals surface area (Å²) in [6.07, 6.45) is 1.48. The molecule has 2 aromatic rings. The zero-order chi connectivity index (χ0) is 20.1. The van der Waals surface area contributed by atoms with Crippen LogP contribution < -0.4 is 10.6 Å². The number of likely N-dealkylation sites (tertiary alicyclic amines) is 1. The lowest BCUT2D eigenvalue weighted by Crippen LogP contribution is -2.52. The van der Waals surface area contributed by atoms with Crippen molar-refractivity contribution in [1.29, 1.82) is 0 Å². The number of piperidine rings is 1. The zero-order valence-corrected chi connectivity index (χ0v) is 16.3. The fraction of sp³-hybridized carbons (Fsp3) is 0.364. The van der Waals surface area contributed by atoms with E-state index in [-0.39, 0.29) is 17.8 Å². The SMILES string of the molecule is Cc1ccccc1CNC(=O)[C@]1(C)CCCN(C(=O)Nc2ccc(F)cc2)C1. The van der Waals surface area contributed by atoms with Crippen molar-refractivity contribution in [3.8, 4) is 0 Å². The zero-order valence-electron chi connectivity index (χ0n) is 16.3. The van der Waals surface area contributed by atoms with Crippen LogP contribution in [0.25, 0.3) is 0 Å². The molecule has 2 N–H and O–H groups in total. The normalized spacial score (nSPS) is 19.2. The van der Waals surface area contributed by atoms with E-state index < -0.39 is 5.41 Å². The first-order valence-electron chi connectivity index (χ1n) is 9.52. The Balaban J connectivity index is 1.60. The lowest BCUT2D eigenvalue weighted by atomic mass is 9.81. The van der Waals surface area contributed by atoms with E-state index in [2.05, 4.69) is 10.6 Å². The molecular formula is C22H26FN3O2. The van der Waals surface area contributed by atoms with Crippen molar-refractivity contribution in [3.63, 3.8) is 0 Å². The fourth-order valence-corrected chi connectivity index (χ4v) is 3.53. The number of aryl methyl sites for hydroxylation is 1. The number of nitrogens with one attached hydrogen (secondary N) is 2. The first-order chi connectivity index (χ1) is 13.4. The number of anilines is 1. The number of halogens is 1. The monoisotopic (exact) mass is 383 g/mol. The molecule has 6 heteroatoms. The molecule has 2 aromatic carbocycles. The number of nitrogens with zero attached hydrogens (tertiary/aromatic N) is 1. The van der Waals surface area contributed by atoms with Gasteiger partial charge in [0.2, 0.25) is 5.91 Å². The van der Waals surface area contributed by atoms with Crippen LogP contribution in [0.2, 0.25) is 0 Å². The second kappa shape index (κ2) is 8.42. The second-order valence-electron chi connectivity index (χ2n) is 7.63. The van der Waals surface area contributed by atoms with Gasteiger partial charge in [0.15, 0.2) is 0 Å². The van der Waals surface area contributed by atoms with Crippen LogP contribution in [0.15, 0.2) is 48.5 Å². The molecule has 5 nitrogen and oxygen atoms in total. The Kier molecular flexibility index (Phi) is 5.97. The Labute approximate surface area is 164 Å². The fourth-order valence-electron chi connectivity index (χ4n) is 3.53. The molecule has 1 fully saturated rings. The number of hydrogen-bond donors (Lipinski definition) is 2. The Bertz CT molecular complexity index is 853. The molecule has 1 aliphatic rings. The molecule has 0 unspecified atom stereocenters. The number of hydrogen-bond acceptors (Lipinski definition) is 2. The van der Waals surface area contributed by atoms with Gasteiger partial charge in [-0.15, -0.1) is 0 Å². The summed E-state index contributed by atoms with van der Waals surface area (Å²) in [6, 6.07) is 13.3. The van der Waals surface area contributed by atoms with Gasteiger partial charge >= 0.3 is 6.03 Å². The first-order valence-corrected chi connectivity index (χ1v) is 9.52. The van der Waals surface area contributed by atoms with E-state index in [1.54, 1.807) is 4.90 Å². The van der Waals surface area contributed by atoms with Crippen LogP contribution >= 0.6 is 0 Å². The molecule has 3 rings (SSSR count). The molecule has 3 amide bonds. The highest BCUT2D eigenvalue weighted by Gasteiger charge is 2.39. The predicted octanol–water partition coefficient (Wildman–Crippen LogP) is 4.08. The average molecular weight is 383 g/mol. The molecule has 28 heavy (non-hydrogen) atoms. The Morgan fingerprint density at radius 3 is 2.57 bits per heavy atom. The van der Waals surface area contributed by atoms with Gasteiger partial charge in [0.05, 0.1) is 5.41 Å². The molecule has 148 valence electrons. The van der Waals surface area contributed by atoms with Crippen LogP contribution in [0.4, 0.5) is 14.9 Å². The Hall–Kier alpha value is -2.89. The van der Waals surface area contributed by atoms with Gasteiger partial charge in [0.1, 0.15) is 5.82 Å². The highest BCUT2D eigenvalue weighted by Crippen LogP contribution is 2.30. The molecule has 0 spiro atoms. The molecule has 1 aliphatic heterocycles. The predicted molar refractivity (Wildman–Crippen MR) is 107 cm³/mol. The number of carbonyl (C=O) groups is 2. The van der Waals surface area contributed by atoms with Crippen molar-refractivity contribution in [2.75, 3.05) is 18.4 Å². The Morgan fingerprint density at radius 1 is 1.14 bits per heavy atom. The van der Waals surface area contributed by atoms with Crippen molar-refractivity contribution in [2.24, 2.45) is 5.41 Å². The van der Waals surface area contributed by atoms with E-state index >= 15 is 0 Å². The molecule has 1 atom stereocenters. The summed E-state index contributed by atoms with van der Waals surface area (Å²) in [6.45, 7) is 5.33. The minimum absolute atomic E-state index is 0.0463. The Morgan fingerprint density at radius 2 is 1.86 bits per heavy atom. The largest absolute Gasteiger partial charge is 0.351 e. The number of benzene rings is 2. The van der Waals surface area contributed by atoms with Crippen molar-refractivity contribution in [2.45, 2.75) is 33.2 Å². The molecular weight excluding hydrogens is 357 g/mol. The van der Waals surface area contributed by atoms with Gasteiger partial charge in [-0.05, 0) is 62.1 Å². The number of amides is 3. The van der Waals surface area contributed by atoms with Gasteiger partial charge in [-0.25, -0.2) is 9.18 Å². The van der Waals surface area contributed by atoms with E-state index in [4.69, 9.17) is 0 Å². The van der Waals surface area contributed by atoms with E-state index in [0.29, 0.717) is 25.3 Å². The maximum absolute atomic E-state index is 13.0. The molecule has 0 bridgehead atoms. The van der Waals surface area contributed by atoms with Crippen LogP contribution in [-0.2, 0) is 11.3 Å². The average Bonchev–Trinajstić information content (AvgIpc) is 2.69. The molecule has 1 saturated heterocycles. The van der Waals surface area contributed by atoms with Crippen LogP contribution in [-0.4, -0.2) is 29.9 Å². The lowest BCUT2D eigenvalue weighted by Gasteiger charge is -2.39. The van der Waals surface area contributed by atoms with Crippen molar-refractivity contribution >= 4 is 17.6 Å². The molecule has 0 aromatic heterocycles. The smallest absolute Gasteiger partial charge is 0.321 e. The molecule has 1 heterocycles. The minimum atomic E-state index is -0.638. The van der Waals surface area contributed by atoms with Crippen LogP contribution in [0.5, 0.6) is 0 Å². The summed E-state index contributed by atoms with van der Waals surface area (Å²) in [7, 11) is 0. The third-order valence-electron chi connectivity index (χ3n) is 5.33. The third-order valence-corrected chi connectivity index (χ3v) is 5.33. The number of carbonyl (C=O) groups excluding carboxylic acids is 2. The summed E-state index contributed by atoms with van der Waals surface area (Å²) in [4.78, 5) is 27.1. The lowest BCUT2D eigenvalue weighted by molar-refractivity contribution is -0.132. The highest BCUT2D eigenvalue weighted by atomic mass is 19.1. The molecule has 0 aliphatic carbocycles. The van der Waals surface area contributed by atoms with Gasteiger partial charge < -0.3 is 15.5 Å². The molecule has 0 saturated carbocycles. The highest BCUT2D eigenvalue weighted by molar-refractivity contribution is 5.90. The van der Waals surface area contributed by atoms with E-state index in [1.807, 2.05) is 38.1 Å². The summed E-state index contributed by atoms with van der Waals surface area (Å²) in [5, 5.41) is 5.80. The van der Waals surface area contributed by atoms with Gasteiger partial charge in [-0.3, -0.25) is 4.79 Å². The topological polar surface area (TPSA) is 61.4 Å². The number of urea groups is 1. The van der Waals surface area contributed by atoms with Crippen LogP contribution in [0.1, 0.15) is 30.9 Å². The van der Waals surface area contributed by atoms with E-state index in [9.17, 15) is 14.0 Å². The standard InChI is InChI=1S/C22H26FN3O2/c1-16-6-3-4-7-17(16)14-24-20(27)22(2)12-5-13-26(15-22)21(28)25-19-10-8-18(23)9-11-19/h3-4,6-11H,5,12-15H2,1-2H3,(H,24,27)(H,25,28)/t22-/m1/s1. The molecule has 0 radical (unpaired) electrons. The summed E-state index contributed by atoms with van der Waals surface area (Å²) < 4.78 is 13.0. The maximum Gasteiger partial charge on any atom is 0.321 e. The van der Waals surface area contributed by atoms with Gasteiger partial charge in [0, 0.05) is 25.3 Å².